The van der Waals surface area contributed by atoms with Gasteiger partial charge in [-0.25, -0.2) is 4.98 Å². The van der Waals surface area contributed by atoms with Gasteiger partial charge in [-0.15, -0.1) is 0 Å². The van der Waals surface area contributed by atoms with Crippen LogP contribution in [0.5, 0.6) is 0 Å². The summed E-state index contributed by atoms with van der Waals surface area (Å²) in [6, 6.07) is 0. The fraction of sp³-hybridized carbons (Fsp3) is 0.750. The Morgan fingerprint density at radius 2 is 1.65 bits per heavy atom. The first-order valence-corrected chi connectivity index (χ1v) is 8.18. The van der Waals surface area contributed by atoms with Crippen LogP contribution in [-0.4, -0.2) is 24.4 Å². The van der Waals surface area contributed by atoms with Crippen LogP contribution < -0.4 is 4.90 Å². The molecule has 1 heterocycles. The SMILES string of the molecule is CC(C)CN(CC(C)C)c1nc(C(C)(C)C)c(C=O)s1. The molecule has 4 heteroatoms. The summed E-state index contributed by atoms with van der Waals surface area (Å²) >= 11 is 1.53. The normalized spacial score (nSPS) is 12.2. The summed E-state index contributed by atoms with van der Waals surface area (Å²) in [6.07, 6.45) is 0.949. The molecule has 1 aromatic heterocycles. The van der Waals surface area contributed by atoms with Crippen LogP contribution in [-0.2, 0) is 5.41 Å². The Labute approximate surface area is 127 Å². The lowest BCUT2D eigenvalue weighted by atomic mass is 9.91. The molecule has 0 aliphatic rings. The fourth-order valence-electron chi connectivity index (χ4n) is 2.18. The van der Waals surface area contributed by atoms with Crippen molar-refractivity contribution in [3.8, 4) is 0 Å². The highest BCUT2D eigenvalue weighted by atomic mass is 32.1. The smallest absolute Gasteiger partial charge is 0.186 e. The number of aromatic nitrogens is 1. The molecule has 0 spiro atoms. The van der Waals surface area contributed by atoms with Gasteiger partial charge in [0.25, 0.3) is 0 Å². The average Bonchev–Trinajstić information content (AvgIpc) is 2.70. The van der Waals surface area contributed by atoms with Crippen molar-refractivity contribution in [3.63, 3.8) is 0 Å². The van der Waals surface area contributed by atoms with Gasteiger partial charge in [0.05, 0.1) is 10.6 Å². The fourth-order valence-corrected chi connectivity index (χ4v) is 3.29. The van der Waals surface area contributed by atoms with Crippen LogP contribution in [0.25, 0.3) is 0 Å². The zero-order valence-corrected chi connectivity index (χ0v) is 14.7. The van der Waals surface area contributed by atoms with Gasteiger partial charge in [0.2, 0.25) is 0 Å². The Morgan fingerprint density at radius 3 is 1.95 bits per heavy atom. The van der Waals surface area contributed by atoms with E-state index in [1.165, 1.54) is 11.3 Å². The maximum atomic E-state index is 11.3. The molecule has 0 unspecified atom stereocenters. The van der Waals surface area contributed by atoms with Gasteiger partial charge in [-0.05, 0) is 11.8 Å². The zero-order valence-electron chi connectivity index (χ0n) is 13.9. The molecule has 1 rings (SSSR count). The summed E-state index contributed by atoms with van der Waals surface area (Å²) in [5, 5.41) is 0.986. The number of carbonyl (C=O) groups excluding carboxylic acids is 1. The molecular formula is C16H28N2OS. The summed E-state index contributed by atoms with van der Waals surface area (Å²) in [5.74, 6) is 1.16. The second kappa shape index (κ2) is 6.70. The molecule has 1 aromatic rings. The van der Waals surface area contributed by atoms with E-state index < -0.39 is 0 Å². The molecule has 0 aliphatic heterocycles. The van der Waals surface area contributed by atoms with Crippen LogP contribution in [0.15, 0.2) is 0 Å². The van der Waals surface area contributed by atoms with Gasteiger partial charge < -0.3 is 4.90 Å². The molecule has 0 N–H and O–H groups in total. The lowest BCUT2D eigenvalue weighted by Crippen LogP contribution is -2.31. The van der Waals surface area contributed by atoms with Crippen molar-refractivity contribution in [2.24, 2.45) is 11.8 Å². The lowest BCUT2D eigenvalue weighted by Gasteiger charge is -2.26. The summed E-state index contributed by atoms with van der Waals surface area (Å²) in [4.78, 5) is 19.2. The van der Waals surface area contributed by atoms with E-state index in [1.807, 2.05) is 0 Å². The van der Waals surface area contributed by atoms with Crippen molar-refractivity contribution in [2.75, 3.05) is 18.0 Å². The van der Waals surface area contributed by atoms with Crippen LogP contribution >= 0.6 is 11.3 Å². The molecule has 0 amide bonds. The summed E-state index contributed by atoms with van der Waals surface area (Å²) in [7, 11) is 0. The topological polar surface area (TPSA) is 33.2 Å². The highest BCUT2D eigenvalue weighted by Gasteiger charge is 2.25. The van der Waals surface area contributed by atoms with Crippen LogP contribution in [0.3, 0.4) is 0 Å². The standard InChI is InChI=1S/C16H28N2OS/c1-11(2)8-18(9-12(3)4)15-17-14(16(5,6)7)13(10-19)20-15/h10-12H,8-9H2,1-7H3. The van der Waals surface area contributed by atoms with E-state index in [9.17, 15) is 4.79 Å². The van der Waals surface area contributed by atoms with Gasteiger partial charge in [0.1, 0.15) is 0 Å². The Morgan fingerprint density at radius 1 is 1.15 bits per heavy atom. The van der Waals surface area contributed by atoms with E-state index in [2.05, 4.69) is 53.4 Å². The van der Waals surface area contributed by atoms with Crippen molar-refractivity contribution in [1.29, 1.82) is 0 Å². The predicted octanol–water partition coefficient (Wildman–Crippen LogP) is 4.37. The molecule has 0 bridgehead atoms. The number of hydrogen-bond acceptors (Lipinski definition) is 4. The average molecular weight is 296 g/mol. The van der Waals surface area contributed by atoms with Crippen molar-refractivity contribution >= 4 is 22.8 Å². The molecule has 0 saturated heterocycles. The maximum Gasteiger partial charge on any atom is 0.186 e. The van der Waals surface area contributed by atoms with Crippen molar-refractivity contribution in [3.05, 3.63) is 10.6 Å². The third-order valence-electron chi connectivity index (χ3n) is 2.90. The van der Waals surface area contributed by atoms with E-state index in [1.54, 1.807) is 0 Å². The number of anilines is 1. The van der Waals surface area contributed by atoms with E-state index in [0.29, 0.717) is 11.8 Å². The van der Waals surface area contributed by atoms with Crippen LogP contribution in [0.2, 0.25) is 0 Å². The molecule has 114 valence electrons. The van der Waals surface area contributed by atoms with Gasteiger partial charge in [-0.2, -0.15) is 0 Å². The van der Waals surface area contributed by atoms with Crippen LogP contribution in [0, 0.1) is 11.8 Å². The first-order valence-electron chi connectivity index (χ1n) is 7.36. The predicted molar refractivity (Wildman–Crippen MR) is 88.1 cm³/mol. The van der Waals surface area contributed by atoms with Gasteiger partial charge in [-0.3, -0.25) is 4.79 Å². The van der Waals surface area contributed by atoms with E-state index in [4.69, 9.17) is 4.98 Å². The monoisotopic (exact) mass is 296 g/mol. The van der Waals surface area contributed by atoms with Crippen molar-refractivity contribution < 1.29 is 4.79 Å². The van der Waals surface area contributed by atoms with Gasteiger partial charge in [-0.1, -0.05) is 59.8 Å². The van der Waals surface area contributed by atoms with Crippen molar-refractivity contribution in [1.82, 2.24) is 4.98 Å². The molecule has 3 nitrogen and oxygen atoms in total. The van der Waals surface area contributed by atoms with E-state index in [0.717, 1.165) is 35.1 Å². The molecule has 20 heavy (non-hydrogen) atoms. The van der Waals surface area contributed by atoms with Crippen LogP contribution in [0.1, 0.15) is 63.8 Å². The number of hydrogen-bond donors (Lipinski definition) is 0. The second-order valence-corrected chi connectivity index (χ2v) is 8.28. The molecule has 0 fully saturated rings. The molecular weight excluding hydrogens is 268 g/mol. The lowest BCUT2D eigenvalue weighted by molar-refractivity contribution is 0.112. The van der Waals surface area contributed by atoms with E-state index >= 15 is 0 Å². The first kappa shape index (κ1) is 17.2. The minimum absolute atomic E-state index is 0.0909. The summed E-state index contributed by atoms with van der Waals surface area (Å²) < 4.78 is 0. The second-order valence-electron chi connectivity index (χ2n) is 7.27. The molecule has 0 radical (unpaired) electrons. The number of nitrogens with zero attached hydrogens (tertiary/aromatic N) is 2. The molecule has 0 saturated carbocycles. The highest BCUT2D eigenvalue weighted by Crippen LogP contribution is 2.33. The Balaban J connectivity index is 3.14. The van der Waals surface area contributed by atoms with Gasteiger partial charge in [0.15, 0.2) is 11.4 Å². The van der Waals surface area contributed by atoms with Crippen LogP contribution in [0.4, 0.5) is 5.13 Å². The Bertz CT molecular complexity index is 434. The molecule has 0 aliphatic carbocycles. The Hall–Kier alpha value is -0.900. The first-order chi connectivity index (χ1) is 9.15. The minimum atomic E-state index is -0.0909. The Kier molecular flexibility index (Phi) is 5.75. The highest BCUT2D eigenvalue weighted by molar-refractivity contribution is 7.17. The quantitative estimate of drug-likeness (QED) is 0.731. The summed E-state index contributed by atoms with van der Waals surface area (Å²) in [6.45, 7) is 17.1. The summed E-state index contributed by atoms with van der Waals surface area (Å²) in [5.41, 5.74) is 0.830. The van der Waals surface area contributed by atoms with E-state index in [-0.39, 0.29) is 5.41 Å². The number of thiazole rings is 1. The largest absolute Gasteiger partial charge is 0.348 e. The number of aldehydes is 1. The molecule has 0 aromatic carbocycles. The minimum Gasteiger partial charge on any atom is -0.348 e. The van der Waals surface area contributed by atoms with Crippen molar-refractivity contribution in [2.45, 2.75) is 53.9 Å². The third kappa shape index (κ3) is 4.58. The number of carbonyl (C=O) groups is 1. The van der Waals surface area contributed by atoms with Gasteiger partial charge in [0, 0.05) is 18.5 Å². The number of rotatable bonds is 6. The molecule has 0 atom stereocenters. The third-order valence-corrected chi connectivity index (χ3v) is 3.94. The maximum absolute atomic E-state index is 11.3. The zero-order chi connectivity index (χ0) is 15.5. The van der Waals surface area contributed by atoms with Gasteiger partial charge >= 0.3 is 0 Å².